The van der Waals surface area contributed by atoms with Crippen molar-refractivity contribution in [2.24, 2.45) is 0 Å². The molecule has 0 amide bonds. The second-order valence-corrected chi connectivity index (χ2v) is 16.5. The van der Waals surface area contributed by atoms with E-state index in [1.54, 1.807) is 0 Å². The Morgan fingerprint density at radius 2 is 0.831 bits per heavy atom. The highest BCUT2D eigenvalue weighted by molar-refractivity contribution is 5.89. The first-order chi connectivity index (χ1) is 29.0. The number of hydrogen-bond acceptors (Lipinski definition) is 3. The zero-order valence-corrected chi connectivity index (χ0v) is 32.8. The molecule has 3 nitrogen and oxygen atoms in total. The van der Waals surface area contributed by atoms with Gasteiger partial charge in [0.15, 0.2) is 5.82 Å². The lowest BCUT2D eigenvalue weighted by molar-refractivity contribution is 0.436. The summed E-state index contributed by atoms with van der Waals surface area (Å²) in [5, 5.41) is 0. The van der Waals surface area contributed by atoms with Gasteiger partial charge in [-0.05, 0) is 86.0 Å². The molecule has 0 fully saturated rings. The molecule has 3 aliphatic rings. The van der Waals surface area contributed by atoms with Crippen LogP contribution in [0.3, 0.4) is 0 Å². The van der Waals surface area contributed by atoms with Gasteiger partial charge in [0.2, 0.25) is 0 Å². The SMILES string of the molecule is CC1(C)c2ccccc2-c2ccc(-c3cc(-c4ccc(-c5ccc6c(c5)C5(c7ccccc7O6)c6ccccc6-c6ccccc65)cc4)nc(-c4ccccc4)n3)cc21. The normalized spacial score (nSPS) is 14.3. The molecule has 2 heterocycles. The fraction of sp³-hybridized carbons (Fsp3) is 0.0714. The molecule has 1 aliphatic heterocycles. The van der Waals surface area contributed by atoms with Crippen molar-refractivity contribution in [3.63, 3.8) is 0 Å². The topological polar surface area (TPSA) is 35.0 Å². The number of nitrogens with zero attached hydrogens (tertiary/aromatic N) is 2. The molecule has 8 aromatic carbocycles. The Kier molecular flexibility index (Phi) is 7.19. The molecule has 0 radical (unpaired) electrons. The molecule has 0 atom stereocenters. The van der Waals surface area contributed by atoms with E-state index in [1.807, 2.05) is 18.2 Å². The third-order valence-corrected chi connectivity index (χ3v) is 13.0. The number of rotatable bonds is 4. The summed E-state index contributed by atoms with van der Waals surface area (Å²) in [6, 6.07) is 69.8. The molecule has 3 heteroatoms. The molecule has 0 saturated heterocycles. The van der Waals surface area contributed by atoms with Crippen molar-refractivity contribution in [2.45, 2.75) is 24.7 Å². The van der Waals surface area contributed by atoms with Crippen molar-refractivity contribution in [3.05, 3.63) is 228 Å². The minimum Gasteiger partial charge on any atom is -0.457 e. The lowest BCUT2D eigenvalue weighted by atomic mass is 9.66. The maximum Gasteiger partial charge on any atom is 0.160 e. The van der Waals surface area contributed by atoms with Crippen molar-refractivity contribution in [1.82, 2.24) is 9.97 Å². The van der Waals surface area contributed by atoms with Gasteiger partial charge in [0.25, 0.3) is 0 Å². The molecule has 1 aromatic heterocycles. The number of ether oxygens (including phenoxy) is 1. The Hall–Kier alpha value is -7.36. The minimum absolute atomic E-state index is 0.105. The average molecular weight is 755 g/mol. The quantitative estimate of drug-likeness (QED) is 0.179. The van der Waals surface area contributed by atoms with E-state index in [4.69, 9.17) is 14.7 Å². The second-order valence-electron chi connectivity index (χ2n) is 16.5. The Balaban J connectivity index is 0.968. The first-order valence-electron chi connectivity index (χ1n) is 20.4. The van der Waals surface area contributed by atoms with Gasteiger partial charge in [0.05, 0.1) is 16.8 Å². The molecule has 2 aliphatic carbocycles. The second kappa shape index (κ2) is 12.6. The molecule has 9 aromatic rings. The van der Waals surface area contributed by atoms with Crippen molar-refractivity contribution in [1.29, 1.82) is 0 Å². The van der Waals surface area contributed by atoms with Crippen LogP contribution in [0.1, 0.15) is 47.2 Å². The largest absolute Gasteiger partial charge is 0.457 e. The fourth-order valence-corrected chi connectivity index (χ4v) is 10.2. The van der Waals surface area contributed by atoms with Crippen LogP contribution in [0, 0.1) is 0 Å². The number of para-hydroxylation sites is 1. The minimum atomic E-state index is -0.506. The smallest absolute Gasteiger partial charge is 0.160 e. The van der Waals surface area contributed by atoms with Crippen molar-refractivity contribution < 1.29 is 4.74 Å². The van der Waals surface area contributed by atoms with Crippen LogP contribution >= 0.6 is 0 Å². The van der Waals surface area contributed by atoms with Gasteiger partial charge in [-0.15, -0.1) is 0 Å². The highest BCUT2D eigenvalue weighted by Gasteiger charge is 2.51. The Morgan fingerprint density at radius 3 is 1.54 bits per heavy atom. The zero-order valence-electron chi connectivity index (χ0n) is 32.8. The maximum atomic E-state index is 6.70. The number of hydrogen-bond donors (Lipinski definition) is 0. The van der Waals surface area contributed by atoms with Gasteiger partial charge in [0, 0.05) is 33.2 Å². The summed E-state index contributed by atoms with van der Waals surface area (Å²) in [6.45, 7) is 4.65. The van der Waals surface area contributed by atoms with Gasteiger partial charge in [-0.25, -0.2) is 9.97 Å². The van der Waals surface area contributed by atoms with Gasteiger partial charge in [0.1, 0.15) is 11.5 Å². The van der Waals surface area contributed by atoms with E-state index in [9.17, 15) is 0 Å². The average Bonchev–Trinajstić information content (AvgIpc) is 3.72. The first-order valence-corrected chi connectivity index (χ1v) is 20.4. The summed E-state index contributed by atoms with van der Waals surface area (Å²) >= 11 is 0. The van der Waals surface area contributed by atoms with Gasteiger partial charge >= 0.3 is 0 Å². The van der Waals surface area contributed by atoms with Gasteiger partial charge < -0.3 is 4.74 Å². The highest BCUT2D eigenvalue weighted by Crippen LogP contribution is 2.62. The van der Waals surface area contributed by atoms with E-state index in [-0.39, 0.29) is 5.41 Å². The molecule has 12 rings (SSSR count). The van der Waals surface area contributed by atoms with Crippen LogP contribution < -0.4 is 4.74 Å². The van der Waals surface area contributed by atoms with E-state index in [1.165, 1.54) is 50.1 Å². The van der Waals surface area contributed by atoms with E-state index in [0.29, 0.717) is 5.82 Å². The summed E-state index contributed by atoms with van der Waals surface area (Å²) < 4.78 is 6.70. The van der Waals surface area contributed by atoms with Gasteiger partial charge in [-0.2, -0.15) is 0 Å². The van der Waals surface area contributed by atoms with E-state index < -0.39 is 5.41 Å². The molecule has 0 unspecified atom stereocenters. The number of benzene rings is 8. The molecule has 0 N–H and O–H groups in total. The lowest BCUT2D eigenvalue weighted by Crippen LogP contribution is -2.32. The molecular weight excluding hydrogens is 717 g/mol. The summed E-state index contributed by atoms with van der Waals surface area (Å²) in [4.78, 5) is 10.4. The molecular formula is C56H38N2O. The summed E-state index contributed by atoms with van der Waals surface area (Å²) in [5.74, 6) is 2.50. The Morgan fingerprint density at radius 1 is 0.339 bits per heavy atom. The predicted molar refractivity (Wildman–Crippen MR) is 239 cm³/mol. The zero-order chi connectivity index (χ0) is 39.3. The first kappa shape index (κ1) is 33.7. The molecule has 1 spiro atoms. The molecule has 0 bridgehead atoms. The van der Waals surface area contributed by atoms with Crippen LogP contribution in [0.5, 0.6) is 11.5 Å². The number of fused-ring (bicyclic) bond motifs is 12. The monoisotopic (exact) mass is 754 g/mol. The van der Waals surface area contributed by atoms with Crippen molar-refractivity contribution in [3.8, 4) is 78.8 Å². The van der Waals surface area contributed by atoms with Crippen LogP contribution in [-0.2, 0) is 10.8 Å². The maximum absolute atomic E-state index is 6.70. The third-order valence-electron chi connectivity index (χ3n) is 13.0. The van der Waals surface area contributed by atoms with E-state index in [2.05, 4.69) is 190 Å². The van der Waals surface area contributed by atoms with E-state index in [0.717, 1.165) is 56.3 Å². The predicted octanol–water partition coefficient (Wildman–Crippen LogP) is 13.9. The van der Waals surface area contributed by atoms with Crippen LogP contribution in [0.2, 0.25) is 0 Å². The molecule has 0 saturated carbocycles. The van der Waals surface area contributed by atoms with E-state index >= 15 is 0 Å². The van der Waals surface area contributed by atoms with Crippen LogP contribution in [0.4, 0.5) is 0 Å². The summed E-state index contributed by atoms with van der Waals surface area (Å²) in [6.07, 6.45) is 0. The fourth-order valence-electron chi connectivity index (χ4n) is 10.2. The van der Waals surface area contributed by atoms with Crippen LogP contribution in [0.25, 0.3) is 67.3 Å². The summed E-state index contributed by atoms with van der Waals surface area (Å²) in [5.41, 5.74) is 19.3. The lowest BCUT2D eigenvalue weighted by Gasteiger charge is -2.39. The number of aromatic nitrogens is 2. The van der Waals surface area contributed by atoms with Crippen molar-refractivity contribution >= 4 is 0 Å². The van der Waals surface area contributed by atoms with Gasteiger partial charge in [-0.1, -0.05) is 178 Å². The third kappa shape index (κ3) is 4.88. The van der Waals surface area contributed by atoms with Crippen LogP contribution in [0.15, 0.2) is 194 Å². The Labute approximate surface area is 344 Å². The van der Waals surface area contributed by atoms with Crippen molar-refractivity contribution in [2.75, 3.05) is 0 Å². The summed E-state index contributed by atoms with van der Waals surface area (Å²) in [7, 11) is 0. The standard InChI is InChI=1S/C56H38N2O/c1-55(2)44-19-9-6-16-40(44)43-30-28-39(33-48(43)55)51-34-50(57-54(58-51)37-14-4-3-5-15-37)36-26-24-35(25-27-36)38-29-31-53-49(32-38)56(47-22-12-13-23-52(47)59-53)45-20-10-7-17-41(45)42-18-8-11-21-46(42)56/h3-34H,1-2H3. The molecule has 278 valence electrons. The van der Waals surface area contributed by atoms with Gasteiger partial charge in [-0.3, -0.25) is 0 Å². The molecule has 59 heavy (non-hydrogen) atoms. The van der Waals surface area contributed by atoms with Crippen LogP contribution in [-0.4, -0.2) is 9.97 Å². The Bertz CT molecular complexity index is 3120. The highest BCUT2D eigenvalue weighted by atomic mass is 16.5.